The third-order valence-electron chi connectivity index (χ3n) is 1.53. The zero-order valence-electron chi connectivity index (χ0n) is 8.65. The van der Waals surface area contributed by atoms with Crippen LogP contribution < -0.4 is 0 Å². The van der Waals surface area contributed by atoms with Crippen molar-refractivity contribution in [3.05, 3.63) is 25.0 Å². The summed E-state index contributed by atoms with van der Waals surface area (Å²) in [7, 11) is -2.01. The van der Waals surface area contributed by atoms with E-state index in [-0.39, 0.29) is 0 Å². The second kappa shape index (κ2) is 10.4. The molecular formula is C10H18O3P+. The van der Waals surface area contributed by atoms with Crippen LogP contribution in [0.2, 0.25) is 0 Å². The predicted molar refractivity (Wildman–Crippen MR) is 58.1 cm³/mol. The van der Waals surface area contributed by atoms with Gasteiger partial charge in [-0.15, -0.1) is 4.52 Å². The van der Waals surface area contributed by atoms with Crippen LogP contribution in [0, 0.1) is 0 Å². The van der Waals surface area contributed by atoms with Crippen LogP contribution in [-0.2, 0) is 13.6 Å². The first kappa shape index (κ1) is 13.3. The number of hydrogen-bond acceptors (Lipinski definition) is 3. The lowest BCUT2D eigenvalue weighted by atomic mass is 10.2. The van der Waals surface area contributed by atoms with Crippen molar-refractivity contribution in [1.82, 2.24) is 0 Å². The van der Waals surface area contributed by atoms with E-state index in [9.17, 15) is 4.57 Å². The summed E-state index contributed by atoms with van der Waals surface area (Å²) in [6, 6.07) is 0. The Morgan fingerprint density at radius 3 is 2.71 bits per heavy atom. The molecule has 0 heterocycles. The largest absolute Gasteiger partial charge is 0.749 e. The van der Waals surface area contributed by atoms with Crippen LogP contribution in [0.25, 0.3) is 0 Å². The van der Waals surface area contributed by atoms with Crippen molar-refractivity contribution >= 4 is 8.25 Å². The van der Waals surface area contributed by atoms with Gasteiger partial charge in [-0.3, -0.25) is 0 Å². The van der Waals surface area contributed by atoms with E-state index < -0.39 is 8.25 Å². The van der Waals surface area contributed by atoms with Gasteiger partial charge in [-0.05, 0) is 12.8 Å². The molecule has 0 aromatic heterocycles. The third kappa shape index (κ3) is 9.43. The quantitative estimate of drug-likeness (QED) is 0.254. The van der Waals surface area contributed by atoms with Gasteiger partial charge in [0.25, 0.3) is 0 Å². The van der Waals surface area contributed by atoms with Gasteiger partial charge in [0.1, 0.15) is 12.9 Å². The fourth-order valence-corrected chi connectivity index (χ4v) is 1.28. The standard InChI is InChI=1S/C10H18O3P/c1-3-5-6-7-8-9-10-13-14(11)12-4-2/h4,7-8H,2-3,5-6,9-10H2,1H3/q+1/b8-7-. The summed E-state index contributed by atoms with van der Waals surface area (Å²) in [5, 5.41) is 0. The van der Waals surface area contributed by atoms with Gasteiger partial charge in [0, 0.05) is 4.57 Å². The third-order valence-corrected chi connectivity index (χ3v) is 2.25. The van der Waals surface area contributed by atoms with E-state index in [1.54, 1.807) is 0 Å². The molecule has 0 aliphatic carbocycles. The molecule has 80 valence electrons. The molecule has 0 rings (SSSR count). The lowest BCUT2D eigenvalue weighted by Crippen LogP contribution is -1.83. The van der Waals surface area contributed by atoms with E-state index in [0.29, 0.717) is 6.61 Å². The average molecular weight is 217 g/mol. The predicted octanol–water partition coefficient (Wildman–Crippen LogP) is 3.96. The van der Waals surface area contributed by atoms with E-state index >= 15 is 0 Å². The SMILES string of the molecule is C=CO[P+](=O)OCC/C=C\CCCC. The van der Waals surface area contributed by atoms with Gasteiger partial charge < -0.3 is 0 Å². The minimum Gasteiger partial charge on any atom is -0.238 e. The second-order valence-corrected chi connectivity index (χ2v) is 3.65. The molecule has 1 atom stereocenters. The molecule has 0 radical (unpaired) electrons. The average Bonchev–Trinajstić information content (AvgIpc) is 2.17. The zero-order chi connectivity index (χ0) is 10.6. The Hall–Kier alpha value is -0.660. The summed E-state index contributed by atoms with van der Waals surface area (Å²) in [5.41, 5.74) is 0. The maximum absolute atomic E-state index is 10.8. The Kier molecular flexibility index (Phi) is 9.93. The van der Waals surface area contributed by atoms with Crippen LogP contribution in [0.1, 0.15) is 32.6 Å². The lowest BCUT2D eigenvalue weighted by Gasteiger charge is -1.88. The van der Waals surface area contributed by atoms with Crippen LogP contribution >= 0.6 is 8.25 Å². The molecule has 14 heavy (non-hydrogen) atoms. The monoisotopic (exact) mass is 217 g/mol. The highest BCUT2D eigenvalue weighted by molar-refractivity contribution is 7.33. The molecule has 0 fully saturated rings. The molecular weight excluding hydrogens is 199 g/mol. The molecule has 0 bridgehead atoms. The molecule has 0 saturated heterocycles. The molecule has 0 N–H and O–H groups in total. The molecule has 0 amide bonds. The fraction of sp³-hybridized carbons (Fsp3) is 0.600. The molecule has 3 nitrogen and oxygen atoms in total. The Morgan fingerprint density at radius 1 is 1.36 bits per heavy atom. The van der Waals surface area contributed by atoms with E-state index in [1.165, 1.54) is 12.8 Å². The first-order valence-electron chi connectivity index (χ1n) is 4.84. The topological polar surface area (TPSA) is 35.5 Å². The molecule has 0 saturated carbocycles. The van der Waals surface area contributed by atoms with Crippen molar-refractivity contribution in [3.8, 4) is 0 Å². The zero-order valence-corrected chi connectivity index (χ0v) is 9.54. The summed E-state index contributed by atoms with van der Waals surface area (Å²) in [5.74, 6) is 0. The molecule has 0 aromatic carbocycles. The molecule has 0 aliphatic heterocycles. The Labute approximate surface area is 86.7 Å². The highest BCUT2D eigenvalue weighted by Gasteiger charge is 2.16. The summed E-state index contributed by atoms with van der Waals surface area (Å²) in [6.45, 7) is 5.86. The maximum atomic E-state index is 10.8. The van der Waals surface area contributed by atoms with E-state index in [4.69, 9.17) is 4.52 Å². The van der Waals surface area contributed by atoms with Crippen molar-refractivity contribution in [2.24, 2.45) is 0 Å². The van der Waals surface area contributed by atoms with Crippen LogP contribution in [0.15, 0.2) is 25.0 Å². The van der Waals surface area contributed by atoms with Gasteiger partial charge in [0.15, 0.2) is 0 Å². The number of hydrogen-bond donors (Lipinski definition) is 0. The minimum absolute atomic E-state index is 0.422. The summed E-state index contributed by atoms with van der Waals surface area (Å²) in [6.07, 6.45) is 9.57. The van der Waals surface area contributed by atoms with Gasteiger partial charge in [-0.1, -0.05) is 38.5 Å². The first-order chi connectivity index (χ1) is 6.81. The number of unbranched alkanes of at least 4 members (excludes halogenated alkanes) is 2. The maximum Gasteiger partial charge on any atom is 0.749 e. The van der Waals surface area contributed by atoms with Crippen molar-refractivity contribution in [3.63, 3.8) is 0 Å². The highest BCUT2D eigenvalue weighted by atomic mass is 31.1. The van der Waals surface area contributed by atoms with Crippen molar-refractivity contribution in [2.45, 2.75) is 32.6 Å². The Morgan fingerprint density at radius 2 is 2.07 bits per heavy atom. The Balaban J connectivity index is 3.23. The van der Waals surface area contributed by atoms with Crippen molar-refractivity contribution in [2.75, 3.05) is 6.61 Å². The minimum atomic E-state index is -2.01. The molecule has 1 unspecified atom stereocenters. The summed E-state index contributed by atoms with van der Waals surface area (Å²) < 4.78 is 20.2. The van der Waals surface area contributed by atoms with E-state index in [0.717, 1.165) is 19.1 Å². The summed E-state index contributed by atoms with van der Waals surface area (Å²) >= 11 is 0. The highest BCUT2D eigenvalue weighted by Crippen LogP contribution is 2.23. The van der Waals surface area contributed by atoms with Crippen molar-refractivity contribution < 1.29 is 13.6 Å². The molecule has 0 aromatic rings. The van der Waals surface area contributed by atoms with Crippen LogP contribution in [0.5, 0.6) is 0 Å². The molecule has 0 spiro atoms. The first-order valence-corrected chi connectivity index (χ1v) is 5.93. The molecule has 0 aliphatic rings. The fourth-order valence-electron chi connectivity index (χ4n) is 0.844. The van der Waals surface area contributed by atoms with Gasteiger partial charge in [0.2, 0.25) is 0 Å². The Bertz CT molecular complexity index is 190. The number of allylic oxidation sites excluding steroid dienone is 1. The van der Waals surface area contributed by atoms with Gasteiger partial charge in [-0.2, -0.15) is 0 Å². The van der Waals surface area contributed by atoms with Gasteiger partial charge >= 0.3 is 8.25 Å². The van der Waals surface area contributed by atoms with Crippen LogP contribution in [0.3, 0.4) is 0 Å². The second-order valence-electron chi connectivity index (χ2n) is 2.73. The van der Waals surface area contributed by atoms with Gasteiger partial charge in [0.05, 0.1) is 0 Å². The lowest BCUT2D eigenvalue weighted by molar-refractivity contribution is 0.277. The van der Waals surface area contributed by atoms with Gasteiger partial charge in [-0.25, -0.2) is 4.52 Å². The summed E-state index contributed by atoms with van der Waals surface area (Å²) in [4.78, 5) is 0. The van der Waals surface area contributed by atoms with E-state index in [2.05, 4.69) is 24.1 Å². The van der Waals surface area contributed by atoms with Crippen LogP contribution in [0.4, 0.5) is 0 Å². The molecule has 4 heteroatoms. The van der Waals surface area contributed by atoms with Crippen LogP contribution in [-0.4, -0.2) is 6.61 Å². The smallest absolute Gasteiger partial charge is 0.238 e. The normalized spacial score (nSPS) is 11.6. The van der Waals surface area contributed by atoms with E-state index in [1.807, 2.05) is 6.08 Å². The van der Waals surface area contributed by atoms with Crippen molar-refractivity contribution in [1.29, 1.82) is 0 Å². The number of rotatable bonds is 9.